The Hall–Kier alpha value is -0.900. The number of rotatable bonds is 1. The van der Waals surface area contributed by atoms with Gasteiger partial charge in [-0.2, -0.15) is 0 Å². The Kier molecular flexibility index (Phi) is 2.59. The molecule has 0 N–H and O–H groups in total. The van der Waals surface area contributed by atoms with Crippen LogP contribution in [0.15, 0.2) is 29.1 Å². The summed E-state index contributed by atoms with van der Waals surface area (Å²) in [5.41, 5.74) is 0. The molecule has 0 fully saturated rings. The first-order valence-electron chi connectivity index (χ1n) is 4.22. The first-order chi connectivity index (χ1) is 6.36. The molecule has 0 radical (unpaired) electrons. The monoisotopic (exact) mass is 239 g/mol. The molecule has 1 aromatic heterocycles. The number of hydrogen-bond acceptors (Lipinski definition) is 3. The summed E-state index contributed by atoms with van der Waals surface area (Å²) in [7, 11) is 0. The Morgan fingerprint density at radius 1 is 1.38 bits per heavy atom. The fourth-order valence-corrected chi connectivity index (χ4v) is 1.88. The highest BCUT2D eigenvalue weighted by atomic mass is 79.9. The maximum absolute atomic E-state index is 4.25. The first-order valence-corrected chi connectivity index (χ1v) is 5.01. The van der Waals surface area contributed by atoms with Crippen LogP contribution in [-0.2, 0) is 0 Å². The number of nitrogens with zero attached hydrogens (tertiary/aromatic N) is 3. The second-order valence-electron chi connectivity index (χ2n) is 2.92. The van der Waals surface area contributed by atoms with Gasteiger partial charge in [0.1, 0.15) is 5.82 Å². The predicted octanol–water partition coefficient (Wildman–Crippen LogP) is 1.97. The molecular formula is C9H10BrN3. The van der Waals surface area contributed by atoms with E-state index in [1.807, 2.05) is 0 Å². The van der Waals surface area contributed by atoms with Crippen LogP contribution in [0.4, 0.5) is 5.82 Å². The van der Waals surface area contributed by atoms with Crippen molar-refractivity contribution in [1.82, 2.24) is 9.97 Å². The van der Waals surface area contributed by atoms with Crippen molar-refractivity contribution in [2.24, 2.45) is 0 Å². The summed E-state index contributed by atoms with van der Waals surface area (Å²) >= 11 is 3.50. The predicted molar refractivity (Wildman–Crippen MR) is 55.9 cm³/mol. The van der Waals surface area contributed by atoms with E-state index in [2.05, 4.69) is 36.9 Å². The van der Waals surface area contributed by atoms with Crippen molar-refractivity contribution in [2.45, 2.75) is 6.42 Å². The minimum atomic E-state index is 0.901. The maximum atomic E-state index is 4.25. The van der Waals surface area contributed by atoms with Crippen LogP contribution in [0.2, 0.25) is 0 Å². The molecule has 0 saturated heterocycles. The highest BCUT2D eigenvalue weighted by Crippen LogP contribution is 2.19. The zero-order chi connectivity index (χ0) is 9.10. The summed E-state index contributed by atoms with van der Waals surface area (Å²) < 4.78 is 1.23. The fourth-order valence-electron chi connectivity index (χ4n) is 1.35. The van der Waals surface area contributed by atoms with Crippen LogP contribution >= 0.6 is 15.9 Å². The van der Waals surface area contributed by atoms with Gasteiger partial charge in [-0.1, -0.05) is 22.0 Å². The zero-order valence-corrected chi connectivity index (χ0v) is 8.74. The Morgan fingerprint density at radius 3 is 3.00 bits per heavy atom. The summed E-state index contributed by atoms with van der Waals surface area (Å²) in [5.74, 6) is 0.951. The van der Waals surface area contributed by atoms with E-state index in [1.165, 1.54) is 4.48 Å². The van der Waals surface area contributed by atoms with Crippen LogP contribution in [0, 0.1) is 0 Å². The molecule has 1 aromatic rings. The highest BCUT2D eigenvalue weighted by molar-refractivity contribution is 9.11. The molecule has 2 rings (SSSR count). The molecule has 0 aromatic carbocycles. The lowest BCUT2D eigenvalue weighted by Crippen LogP contribution is -2.29. The van der Waals surface area contributed by atoms with Crippen molar-refractivity contribution in [3.8, 4) is 0 Å². The summed E-state index contributed by atoms with van der Waals surface area (Å²) in [4.78, 5) is 10.5. The number of halogens is 1. The Bertz CT molecular complexity index is 310. The summed E-state index contributed by atoms with van der Waals surface area (Å²) in [6.45, 7) is 1.92. The minimum Gasteiger partial charge on any atom is -0.350 e. The van der Waals surface area contributed by atoms with Gasteiger partial charge in [-0.15, -0.1) is 0 Å². The van der Waals surface area contributed by atoms with Crippen molar-refractivity contribution in [2.75, 3.05) is 18.0 Å². The molecule has 13 heavy (non-hydrogen) atoms. The molecule has 0 atom stereocenters. The van der Waals surface area contributed by atoms with Gasteiger partial charge in [-0.3, -0.25) is 4.98 Å². The molecule has 3 nitrogen and oxygen atoms in total. The molecule has 0 amide bonds. The molecule has 0 bridgehead atoms. The van der Waals surface area contributed by atoms with Crippen molar-refractivity contribution in [1.29, 1.82) is 0 Å². The van der Waals surface area contributed by atoms with Gasteiger partial charge in [0.15, 0.2) is 0 Å². The highest BCUT2D eigenvalue weighted by Gasteiger charge is 2.11. The van der Waals surface area contributed by atoms with Gasteiger partial charge < -0.3 is 4.90 Å². The van der Waals surface area contributed by atoms with E-state index in [0.29, 0.717) is 0 Å². The fraction of sp³-hybridized carbons (Fsp3) is 0.333. The number of anilines is 1. The largest absolute Gasteiger partial charge is 0.350 e. The molecule has 2 heterocycles. The quantitative estimate of drug-likeness (QED) is 0.751. The van der Waals surface area contributed by atoms with Gasteiger partial charge in [0.25, 0.3) is 0 Å². The summed E-state index contributed by atoms with van der Waals surface area (Å²) in [6.07, 6.45) is 8.48. The van der Waals surface area contributed by atoms with Crippen molar-refractivity contribution >= 4 is 21.7 Å². The average Bonchev–Trinajstić information content (AvgIpc) is 2.19. The van der Waals surface area contributed by atoms with E-state index in [9.17, 15) is 0 Å². The minimum absolute atomic E-state index is 0.901. The molecule has 0 saturated carbocycles. The van der Waals surface area contributed by atoms with Gasteiger partial charge in [-0.05, 0) is 6.42 Å². The molecular weight excluding hydrogens is 230 g/mol. The average molecular weight is 240 g/mol. The Labute approximate surface area is 85.6 Å². The van der Waals surface area contributed by atoms with E-state index in [4.69, 9.17) is 0 Å². The van der Waals surface area contributed by atoms with Crippen LogP contribution < -0.4 is 4.90 Å². The van der Waals surface area contributed by atoms with Crippen molar-refractivity contribution in [3.05, 3.63) is 29.1 Å². The smallest absolute Gasteiger partial charge is 0.147 e. The summed E-state index contributed by atoms with van der Waals surface area (Å²) in [6, 6.07) is 0. The second-order valence-corrected chi connectivity index (χ2v) is 3.94. The van der Waals surface area contributed by atoms with Gasteiger partial charge in [-0.25, -0.2) is 4.98 Å². The van der Waals surface area contributed by atoms with Crippen LogP contribution in [-0.4, -0.2) is 23.1 Å². The van der Waals surface area contributed by atoms with Crippen LogP contribution in [0.5, 0.6) is 0 Å². The van der Waals surface area contributed by atoms with Crippen LogP contribution in [0.1, 0.15) is 6.42 Å². The Balaban J connectivity index is 2.15. The van der Waals surface area contributed by atoms with Crippen LogP contribution in [0.25, 0.3) is 0 Å². The molecule has 0 unspecified atom stereocenters. The van der Waals surface area contributed by atoms with Crippen LogP contribution in [0.3, 0.4) is 0 Å². The number of aromatic nitrogens is 2. The van der Waals surface area contributed by atoms with E-state index < -0.39 is 0 Å². The van der Waals surface area contributed by atoms with Gasteiger partial charge >= 0.3 is 0 Å². The third kappa shape index (κ3) is 2.06. The zero-order valence-electron chi connectivity index (χ0n) is 7.15. The van der Waals surface area contributed by atoms with E-state index in [-0.39, 0.29) is 0 Å². The third-order valence-corrected chi connectivity index (χ3v) is 2.55. The molecule has 68 valence electrons. The van der Waals surface area contributed by atoms with Gasteiger partial charge in [0.05, 0.1) is 12.7 Å². The van der Waals surface area contributed by atoms with Crippen molar-refractivity contribution < 1.29 is 0 Å². The van der Waals surface area contributed by atoms with Crippen molar-refractivity contribution in [3.63, 3.8) is 0 Å². The molecule has 1 aliphatic heterocycles. The second kappa shape index (κ2) is 3.87. The standard InChI is InChI=1S/C9H10BrN3/c10-8-2-1-5-13(7-8)9-6-11-3-4-12-9/h2-4,6H,1,5,7H2. The maximum Gasteiger partial charge on any atom is 0.147 e. The summed E-state index contributed by atoms with van der Waals surface area (Å²) in [5, 5.41) is 0. The molecule has 4 heteroatoms. The molecule has 0 spiro atoms. The van der Waals surface area contributed by atoms with Gasteiger partial charge in [0, 0.05) is 23.4 Å². The van der Waals surface area contributed by atoms with E-state index in [0.717, 1.165) is 25.3 Å². The topological polar surface area (TPSA) is 29.0 Å². The SMILES string of the molecule is BrC1=CCCN(c2cnccn2)C1. The lowest BCUT2D eigenvalue weighted by Gasteiger charge is -2.25. The third-order valence-electron chi connectivity index (χ3n) is 1.98. The molecule has 0 aliphatic carbocycles. The first kappa shape index (κ1) is 8.69. The normalized spacial score (nSPS) is 17.0. The lowest BCUT2D eigenvalue weighted by molar-refractivity contribution is 0.797. The van der Waals surface area contributed by atoms with E-state index in [1.54, 1.807) is 18.6 Å². The lowest BCUT2D eigenvalue weighted by atomic mass is 10.2. The molecule has 1 aliphatic rings. The number of hydrogen-bond donors (Lipinski definition) is 0. The van der Waals surface area contributed by atoms with Gasteiger partial charge in [0.2, 0.25) is 0 Å². The Morgan fingerprint density at radius 2 is 2.31 bits per heavy atom. The van der Waals surface area contributed by atoms with E-state index >= 15 is 0 Å².